The second-order valence-corrected chi connectivity index (χ2v) is 5.24. The molecule has 1 aromatic carbocycles. The third kappa shape index (κ3) is 3.40. The minimum atomic E-state index is -4.48. The number of benzene rings is 1. The molecule has 0 bridgehead atoms. The van der Waals surface area contributed by atoms with Crippen LogP contribution in [0.2, 0.25) is 0 Å². The van der Waals surface area contributed by atoms with E-state index in [0.29, 0.717) is 0 Å². The minimum absolute atomic E-state index is 0.0538. The summed E-state index contributed by atoms with van der Waals surface area (Å²) < 4.78 is 44.1. The summed E-state index contributed by atoms with van der Waals surface area (Å²) in [5, 5.41) is 6.33. The number of rotatable bonds is 4. The highest BCUT2D eigenvalue weighted by atomic mass is 19.4. The number of nitrogens with one attached hydrogen (secondary N) is 1. The molecule has 0 aliphatic heterocycles. The highest BCUT2D eigenvalue weighted by Crippen LogP contribution is 2.36. The molecule has 3 rings (SSSR count). The van der Waals surface area contributed by atoms with Crippen molar-refractivity contribution in [2.75, 3.05) is 0 Å². The molecule has 7 heteroatoms. The number of hydrogen-bond acceptors (Lipinski definition) is 3. The molecule has 0 unspecified atom stereocenters. The lowest BCUT2D eigenvalue weighted by Crippen LogP contribution is -2.27. The van der Waals surface area contributed by atoms with Crippen LogP contribution < -0.4 is 5.32 Å². The van der Waals surface area contributed by atoms with Crippen LogP contribution in [0.5, 0.6) is 0 Å². The summed E-state index contributed by atoms with van der Waals surface area (Å²) in [5.74, 6) is -0.270. The Hall–Kier alpha value is -2.83. The highest BCUT2D eigenvalue weighted by Gasteiger charge is 2.34. The van der Waals surface area contributed by atoms with Gasteiger partial charge in [-0.1, -0.05) is 47.7 Å². The van der Waals surface area contributed by atoms with E-state index in [1.807, 2.05) is 0 Å². The second kappa shape index (κ2) is 6.35. The van der Waals surface area contributed by atoms with Gasteiger partial charge in [0, 0.05) is 11.6 Å². The van der Waals surface area contributed by atoms with E-state index >= 15 is 0 Å². The molecule has 0 saturated carbocycles. The molecule has 0 saturated heterocycles. The Bertz CT molecular complexity index is 794. The van der Waals surface area contributed by atoms with Crippen molar-refractivity contribution in [2.24, 2.45) is 5.92 Å². The van der Waals surface area contributed by atoms with Crippen LogP contribution in [0.3, 0.4) is 0 Å². The number of alkyl halides is 3. The van der Waals surface area contributed by atoms with E-state index in [1.165, 1.54) is 24.3 Å². The maximum atomic E-state index is 13.0. The maximum absolute atomic E-state index is 13.0. The number of amides is 1. The van der Waals surface area contributed by atoms with E-state index in [0.717, 1.165) is 6.07 Å². The smallest absolute Gasteiger partial charge is 0.359 e. The molecule has 0 spiro atoms. The quantitative estimate of drug-likeness (QED) is 0.927. The molecule has 1 amide bonds. The van der Waals surface area contributed by atoms with Gasteiger partial charge in [0.05, 0.1) is 18.0 Å². The molecule has 0 atom stereocenters. The van der Waals surface area contributed by atoms with Crippen molar-refractivity contribution in [3.05, 3.63) is 66.0 Å². The third-order valence-electron chi connectivity index (χ3n) is 3.55. The molecule has 124 valence electrons. The van der Waals surface area contributed by atoms with Crippen LogP contribution in [0.25, 0.3) is 11.3 Å². The van der Waals surface area contributed by atoms with Gasteiger partial charge in [-0.05, 0) is 6.07 Å². The van der Waals surface area contributed by atoms with E-state index < -0.39 is 11.7 Å². The summed E-state index contributed by atoms with van der Waals surface area (Å²) in [6.45, 7) is 0.0538. The van der Waals surface area contributed by atoms with Gasteiger partial charge in [0.15, 0.2) is 5.76 Å². The molecule has 1 aliphatic carbocycles. The molecular weight excluding hydrogens is 321 g/mol. The first-order valence-corrected chi connectivity index (χ1v) is 7.20. The molecule has 2 aromatic rings. The number of aromatic nitrogens is 1. The number of nitrogens with zero attached hydrogens (tertiary/aromatic N) is 1. The van der Waals surface area contributed by atoms with Crippen LogP contribution in [-0.2, 0) is 17.5 Å². The van der Waals surface area contributed by atoms with Crippen LogP contribution in [0.15, 0.2) is 59.2 Å². The third-order valence-corrected chi connectivity index (χ3v) is 3.55. The van der Waals surface area contributed by atoms with Crippen LogP contribution in [0.1, 0.15) is 11.3 Å². The van der Waals surface area contributed by atoms with Gasteiger partial charge < -0.3 is 9.84 Å². The molecule has 1 heterocycles. The zero-order valence-electron chi connectivity index (χ0n) is 12.4. The van der Waals surface area contributed by atoms with Crippen molar-refractivity contribution in [3.63, 3.8) is 0 Å². The lowest BCUT2D eigenvalue weighted by Gasteiger charge is -2.10. The number of carbonyl (C=O) groups excluding carboxylic acids is 1. The largest absolute Gasteiger partial charge is 0.417 e. The molecule has 0 fully saturated rings. The molecule has 4 nitrogen and oxygen atoms in total. The standard InChI is InChI=1S/C17H13F3N2O2/c18-17(19,20)14-8-4-3-7-13(14)15-9-12(24-22-15)10-21-16(23)11-5-1-2-6-11/h1-9,11H,10H2,(H,21,23). The maximum Gasteiger partial charge on any atom is 0.417 e. The topological polar surface area (TPSA) is 55.1 Å². The van der Waals surface area contributed by atoms with E-state index in [2.05, 4.69) is 10.5 Å². The Morgan fingerprint density at radius 3 is 2.62 bits per heavy atom. The predicted molar refractivity (Wildman–Crippen MR) is 80.6 cm³/mol. The van der Waals surface area contributed by atoms with Gasteiger partial charge in [-0.2, -0.15) is 13.2 Å². The summed E-state index contributed by atoms with van der Waals surface area (Å²) in [5.41, 5.74) is -0.768. The lowest BCUT2D eigenvalue weighted by molar-refractivity contribution is -0.137. The van der Waals surface area contributed by atoms with E-state index in [9.17, 15) is 18.0 Å². The molecule has 1 aromatic heterocycles. The Morgan fingerprint density at radius 2 is 1.92 bits per heavy atom. The summed E-state index contributed by atoms with van der Waals surface area (Å²) in [4.78, 5) is 11.9. The van der Waals surface area contributed by atoms with Crippen LogP contribution in [0.4, 0.5) is 13.2 Å². The molecular formula is C17H13F3N2O2. The Labute approximate surface area is 135 Å². The number of halogens is 3. The Kier molecular flexibility index (Phi) is 4.24. The number of hydrogen-bond donors (Lipinski definition) is 1. The van der Waals surface area contributed by atoms with Gasteiger partial charge in [-0.25, -0.2) is 0 Å². The van der Waals surface area contributed by atoms with E-state index in [-0.39, 0.29) is 35.4 Å². The minimum Gasteiger partial charge on any atom is -0.359 e. The van der Waals surface area contributed by atoms with Crippen LogP contribution >= 0.6 is 0 Å². The second-order valence-electron chi connectivity index (χ2n) is 5.24. The fraction of sp³-hybridized carbons (Fsp3) is 0.176. The highest BCUT2D eigenvalue weighted by molar-refractivity contribution is 5.83. The molecule has 0 radical (unpaired) electrons. The number of carbonyl (C=O) groups is 1. The first kappa shape index (κ1) is 16.0. The van der Waals surface area contributed by atoms with Crippen LogP contribution in [0, 0.1) is 5.92 Å². The van der Waals surface area contributed by atoms with Crippen molar-refractivity contribution < 1.29 is 22.5 Å². The zero-order chi connectivity index (χ0) is 17.2. The summed E-state index contributed by atoms with van der Waals surface area (Å²) in [6.07, 6.45) is 2.53. The van der Waals surface area contributed by atoms with Crippen LogP contribution in [-0.4, -0.2) is 11.1 Å². The van der Waals surface area contributed by atoms with Gasteiger partial charge in [0.1, 0.15) is 5.69 Å². The van der Waals surface area contributed by atoms with Gasteiger partial charge in [-0.15, -0.1) is 0 Å². The average Bonchev–Trinajstić information content (AvgIpc) is 3.23. The van der Waals surface area contributed by atoms with Crippen molar-refractivity contribution >= 4 is 5.91 Å². The first-order chi connectivity index (χ1) is 11.4. The fourth-order valence-electron chi connectivity index (χ4n) is 2.38. The Morgan fingerprint density at radius 1 is 1.21 bits per heavy atom. The van der Waals surface area contributed by atoms with Crippen molar-refractivity contribution in [2.45, 2.75) is 12.7 Å². The van der Waals surface area contributed by atoms with Gasteiger partial charge in [-0.3, -0.25) is 4.79 Å². The van der Waals surface area contributed by atoms with Crippen molar-refractivity contribution in [1.82, 2.24) is 10.5 Å². The molecule has 24 heavy (non-hydrogen) atoms. The van der Waals surface area contributed by atoms with Gasteiger partial charge >= 0.3 is 6.18 Å². The summed E-state index contributed by atoms with van der Waals surface area (Å²) in [6, 6.07) is 6.53. The zero-order valence-corrected chi connectivity index (χ0v) is 12.4. The number of allylic oxidation sites excluding steroid dienone is 2. The monoisotopic (exact) mass is 334 g/mol. The van der Waals surface area contributed by atoms with Crippen molar-refractivity contribution in [3.8, 4) is 11.3 Å². The predicted octanol–water partition coefficient (Wildman–Crippen LogP) is 3.72. The normalized spacial score (nSPS) is 14.3. The first-order valence-electron chi connectivity index (χ1n) is 7.20. The fourth-order valence-corrected chi connectivity index (χ4v) is 2.38. The molecule has 1 N–H and O–H groups in total. The lowest BCUT2D eigenvalue weighted by atomic mass is 10.0. The van der Waals surface area contributed by atoms with Crippen molar-refractivity contribution in [1.29, 1.82) is 0 Å². The SMILES string of the molecule is O=C(NCc1cc(-c2ccccc2C(F)(F)F)no1)C1C=CC=C1. The van der Waals surface area contributed by atoms with E-state index in [4.69, 9.17) is 4.52 Å². The summed E-state index contributed by atoms with van der Waals surface area (Å²) in [7, 11) is 0. The summed E-state index contributed by atoms with van der Waals surface area (Å²) >= 11 is 0. The average molecular weight is 334 g/mol. The molecule has 1 aliphatic rings. The van der Waals surface area contributed by atoms with E-state index in [1.54, 1.807) is 24.3 Å². The van der Waals surface area contributed by atoms with Gasteiger partial charge in [0.2, 0.25) is 5.91 Å². The Balaban J connectivity index is 1.73. The van der Waals surface area contributed by atoms with Gasteiger partial charge in [0.25, 0.3) is 0 Å².